The van der Waals surface area contributed by atoms with Gasteiger partial charge in [-0.3, -0.25) is 5.32 Å². The van der Waals surface area contributed by atoms with E-state index in [1.807, 2.05) is 18.2 Å². The number of benzene rings is 1. The number of aromatic nitrogens is 2. The Hall–Kier alpha value is -2.38. The Bertz CT molecular complexity index is 725. The Balaban J connectivity index is 2.10. The summed E-state index contributed by atoms with van der Waals surface area (Å²) in [6, 6.07) is 9.07. The molecular formula is C14H11Cl2N3O4. The maximum Gasteiger partial charge on any atom is 0.413 e. The second-order valence-corrected chi connectivity index (χ2v) is 4.90. The minimum Gasteiger partial charge on any atom is -0.464 e. The molecule has 2 aromatic rings. The second-order valence-electron chi connectivity index (χ2n) is 4.18. The van der Waals surface area contributed by atoms with Crippen LogP contribution in [0.15, 0.2) is 30.3 Å². The van der Waals surface area contributed by atoms with Crippen molar-refractivity contribution in [3.63, 3.8) is 0 Å². The first kappa shape index (κ1) is 17.0. The van der Waals surface area contributed by atoms with E-state index < -0.39 is 12.1 Å². The smallest absolute Gasteiger partial charge is 0.413 e. The molecule has 1 amide bonds. The molecule has 0 unspecified atom stereocenters. The van der Waals surface area contributed by atoms with Crippen LogP contribution in [0.1, 0.15) is 16.1 Å². The van der Waals surface area contributed by atoms with Crippen LogP contribution >= 0.6 is 23.2 Å². The molecule has 0 aliphatic heterocycles. The van der Waals surface area contributed by atoms with Gasteiger partial charge in [-0.2, -0.15) is 0 Å². The summed E-state index contributed by atoms with van der Waals surface area (Å²) in [7, 11) is 1.16. The van der Waals surface area contributed by atoms with Crippen LogP contribution in [0.3, 0.4) is 0 Å². The fourth-order valence-corrected chi connectivity index (χ4v) is 1.83. The highest BCUT2D eigenvalue weighted by atomic mass is 35.5. The van der Waals surface area contributed by atoms with Crippen LogP contribution in [-0.4, -0.2) is 29.1 Å². The zero-order valence-corrected chi connectivity index (χ0v) is 13.4. The summed E-state index contributed by atoms with van der Waals surface area (Å²) in [5, 5.41) is 1.93. The first-order chi connectivity index (χ1) is 11.0. The number of carbonyl (C=O) groups is 2. The van der Waals surface area contributed by atoms with Crippen molar-refractivity contribution in [1.82, 2.24) is 9.97 Å². The lowest BCUT2D eigenvalue weighted by atomic mass is 10.2. The predicted molar refractivity (Wildman–Crippen MR) is 83.6 cm³/mol. The molecule has 1 heterocycles. The number of anilines is 1. The van der Waals surface area contributed by atoms with Crippen LogP contribution in [0.2, 0.25) is 10.3 Å². The Morgan fingerprint density at radius 3 is 2.43 bits per heavy atom. The fourth-order valence-electron chi connectivity index (χ4n) is 1.58. The molecule has 0 fully saturated rings. The Kier molecular flexibility index (Phi) is 5.72. The molecule has 0 saturated carbocycles. The lowest BCUT2D eigenvalue weighted by Gasteiger charge is -2.10. The zero-order chi connectivity index (χ0) is 16.8. The highest BCUT2D eigenvalue weighted by Gasteiger charge is 2.20. The van der Waals surface area contributed by atoms with E-state index in [0.717, 1.165) is 12.7 Å². The largest absolute Gasteiger partial charge is 0.464 e. The summed E-state index contributed by atoms with van der Waals surface area (Å²) in [5.74, 6) is -1.03. The van der Waals surface area contributed by atoms with Gasteiger partial charge in [-0.15, -0.1) is 0 Å². The summed E-state index contributed by atoms with van der Waals surface area (Å²) in [4.78, 5) is 31.0. The number of nitrogens with one attached hydrogen (secondary N) is 1. The summed E-state index contributed by atoms with van der Waals surface area (Å²) < 4.78 is 9.57. The number of hydrogen-bond donors (Lipinski definition) is 1. The molecule has 0 saturated heterocycles. The summed E-state index contributed by atoms with van der Waals surface area (Å²) in [6.07, 6.45) is -0.827. The molecule has 0 spiro atoms. The quantitative estimate of drug-likeness (QED) is 0.846. The number of methoxy groups -OCH3 is 1. The van der Waals surface area contributed by atoms with Crippen molar-refractivity contribution >= 4 is 41.1 Å². The molecule has 2 rings (SSSR count). The van der Waals surface area contributed by atoms with E-state index in [2.05, 4.69) is 20.0 Å². The monoisotopic (exact) mass is 355 g/mol. The highest BCUT2D eigenvalue weighted by molar-refractivity contribution is 6.40. The second kappa shape index (κ2) is 7.75. The zero-order valence-electron chi connectivity index (χ0n) is 11.9. The topological polar surface area (TPSA) is 90.4 Å². The average Bonchev–Trinajstić information content (AvgIpc) is 2.56. The van der Waals surface area contributed by atoms with E-state index in [1.165, 1.54) is 0 Å². The average molecular weight is 356 g/mol. The molecule has 7 nitrogen and oxygen atoms in total. The number of ether oxygens (including phenoxy) is 2. The highest BCUT2D eigenvalue weighted by Crippen LogP contribution is 2.22. The van der Waals surface area contributed by atoms with E-state index in [0.29, 0.717) is 0 Å². The molecule has 120 valence electrons. The number of esters is 1. The van der Waals surface area contributed by atoms with Crippen molar-refractivity contribution in [3.8, 4) is 0 Å². The van der Waals surface area contributed by atoms with Gasteiger partial charge in [0.15, 0.2) is 21.8 Å². The van der Waals surface area contributed by atoms with Crippen LogP contribution < -0.4 is 5.32 Å². The summed E-state index contributed by atoms with van der Waals surface area (Å²) >= 11 is 11.4. The molecule has 0 bridgehead atoms. The van der Waals surface area contributed by atoms with Crippen molar-refractivity contribution in [2.75, 3.05) is 12.4 Å². The molecule has 23 heavy (non-hydrogen) atoms. The van der Waals surface area contributed by atoms with Gasteiger partial charge < -0.3 is 9.47 Å². The third-order valence-electron chi connectivity index (χ3n) is 2.63. The van der Waals surface area contributed by atoms with Gasteiger partial charge in [0, 0.05) is 0 Å². The number of hydrogen-bond acceptors (Lipinski definition) is 6. The predicted octanol–water partition coefficient (Wildman–Crippen LogP) is 3.32. The van der Waals surface area contributed by atoms with Crippen LogP contribution in [-0.2, 0) is 16.1 Å². The van der Waals surface area contributed by atoms with Gasteiger partial charge in [-0.25, -0.2) is 19.6 Å². The van der Waals surface area contributed by atoms with Gasteiger partial charge in [0.05, 0.1) is 7.11 Å². The lowest BCUT2D eigenvalue weighted by Crippen LogP contribution is -2.19. The number of rotatable bonds is 4. The van der Waals surface area contributed by atoms with Crippen LogP contribution in [0.4, 0.5) is 10.6 Å². The van der Waals surface area contributed by atoms with Crippen molar-refractivity contribution in [1.29, 1.82) is 0 Å². The Morgan fingerprint density at radius 2 is 1.78 bits per heavy atom. The molecule has 0 aliphatic rings. The van der Waals surface area contributed by atoms with E-state index >= 15 is 0 Å². The number of nitrogens with zero attached hydrogens (tertiary/aromatic N) is 2. The normalized spacial score (nSPS) is 10.0. The maximum atomic E-state index is 11.8. The molecule has 1 aromatic carbocycles. The molecule has 9 heteroatoms. The first-order valence-corrected chi connectivity index (χ1v) is 7.06. The molecule has 1 aromatic heterocycles. The van der Waals surface area contributed by atoms with E-state index in [4.69, 9.17) is 27.9 Å². The van der Waals surface area contributed by atoms with Gasteiger partial charge >= 0.3 is 12.1 Å². The Labute approximate surface area is 141 Å². The van der Waals surface area contributed by atoms with Gasteiger partial charge in [-0.1, -0.05) is 53.5 Å². The van der Waals surface area contributed by atoms with E-state index in [-0.39, 0.29) is 28.4 Å². The summed E-state index contributed by atoms with van der Waals surface area (Å²) in [5.41, 5.74) is 0.523. The minimum absolute atomic E-state index is 0.0506. The number of carbonyl (C=O) groups excluding carboxylic acids is 2. The standard InChI is InChI=1S/C14H11Cl2N3O4/c1-22-13(20)9-12(18-11(16)10(15)17-9)19-14(21)23-7-8-5-3-2-4-6-8/h2-6H,7H2,1H3,(H,18,19,21). The van der Waals surface area contributed by atoms with Crippen molar-refractivity contribution in [3.05, 3.63) is 51.9 Å². The molecule has 0 aliphatic carbocycles. The van der Waals surface area contributed by atoms with Crippen molar-refractivity contribution in [2.45, 2.75) is 6.61 Å². The van der Waals surface area contributed by atoms with Crippen LogP contribution in [0.5, 0.6) is 0 Å². The number of halogens is 2. The van der Waals surface area contributed by atoms with Crippen molar-refractivity contribution < 1.29 is 19.1 Å². The molecule has 1 N–H and O–H groups in total. The van der Waals surface area contributed by atoms with E-state index in [1.54, 1.807) is 12.1 Å². The third-order valence-corrected chi connectivity index (χ3v) is 3.25. The molecule has 0 radical (unpaired) electrons. The van der Waals surface area contributed by atoms with Gasteiger partial charge in [-0.05, 0) is 5.56 Å². The first-order valence-electron chi connectivity index (χ1n) is 6.30. The number of amides is 1. The fraction of sp³-hybridized carbons (Fsp3) is 0.143. The minimum atomic E-state index is -0.827. The van der Waals surface area contributed by atoms with Crippen LogP contribution in [0.25, 0.3) is 0 Å². The molecule has 0 atom stereocenters. The van der Waals surface area contributed by atoms with Crippen LogP contribution in [0, 0.1) is 0 Å². The van der Waals surface area contributed by atoms with Gasteiger partial charge in [0.1, 0.15) is 6.61 Å². The maximum absolute atomic E-state index is 11.8. The SMILES string of the molecule is COC(=O)c1nc(Cl)c(Cl)nc1NC(=O)OCc1ccccc1. The van der Waals surface area contributed by atoms with Crippen molar-refractivity contribution in [2.24, 2.45) is 0 Å². The van der Waals surface area contributed by atoms with E-state index in [9.17, 15) is 9.59 Å². The van der Waals surface area contributed by atoms with Gasteiger partial charge in [0.25, 0.3) is 0 Å². The molecular weight excluding hydrogens is 345 g/mol. The van der Waals surface area contributed by atoms with Gasteiger partial charge in [0.2, 0.25) is 0 Å². The summed E-state index contributed by atoms with van der Waals surface area (Å²) in [6.45, 7) is 0.0506. The lowest BCUT2D eigenvalue weighted by molar-refractivity contribution is 0.0595. The third kappa shape index (κ3) is 4.54. The Morgan fingerprint density at radius 1 is 1.13 bits per heavy atom.